The molecule has 0 spiro atoms. The largest absolute Gasteiger partial charge is 0.314 e. The molecule has 33 heavy (non-hydrogen) atoms. The van der Waals surface area contributed by atoms with Crippen LogP contribution in [0.25, 0.3) is 0 Å². The Bertz CT molecular complexity index is 1120. The lowest BCUT2D eigenvalue weighted by Crippen LogP contribution is -2.46. The second kappa shape index (κ2) is 9.85. The predicted octanol–water partition coefficient (Wildman–Crippen LogP) is 3.88. The highest BCUT2D eigenvalue weighted by Crippen LogP contribution is 2.40. The molecule has 1 saturated heterocycles. The fourth-order valence-electron chi connectivity index (χ4n) is 4.29. The normalized spacial score (nSPS) is 19.2. The molecule has 2 aliphatic heterocycles. The molecule has 0 amide bonds. The first-order chi connectivity index (χ1) is 15.8. The first-order valence-corrected chi connectivity index (χ1v) is 12.3. The molecule has 7 nitrogen and oxygen atoms in total. The van der Waals surface area contributed by atoms with Gasteiger partial charge >= 0.3 is 0 Å². The molecule has 4 rings (SSSR count). The summed E-state index contributed by atoms with van der Waals surface area (Å²) in [6, 6.07) is 6.84. The summed E-state index contributed by atoms with van der Waals surface area (Å²) < 4.78 is 0. The van der Waals surface area contributed by atoms with Crippen molar-refractivity contribution >= 4 is 51.1 Å². The number of anilines is 1. The highest BCUT2D eigenvalue weighted by Gasteiger charge is 2.35. The zero-order valence-electron chi connectivity index (χ0n) is 19.2. The van der Waals surface area contributed by atoms with Gasteiger partial charge in [-0.15, -0.1) is 11.3 Å². The topological polar surface area (TPSA) is 95.6 Å². The molecule has 0 aliphatic carbocycles. The van der Waals surface area contributed by atoms with Crippen LogP contribution in [-0.4, -0.2) is 66.8 Å². The van der Waals surface area contributed by atoms with E-state index in [1.54, 1.807) is 23.2 Å². The van der Waals surface area contributed by atoms with Crippen LogP contribution in [0.3, 0.4) is 0 Å². The van der Waals surface area contributed by atoms with E-state index >= 15 is 0 Å². The van der Waals surface area contributed by atoms with E-state index in [2.05, 4.69) is 10.2 Å². The van der Waals surface area contributed by atoms with Crippen LogP contribution in [0, 0.1) is 24.7 Å². The average molecular weight is 485 g/mol. The van der Waals surface area contributed by atoms with Crippen molar-refractivity contribution in [1.82, 2.24) is 10.2 Å². The summed E-state index contributed by atoms with van der Waals surface area (Å²) in [5.41, 5.74) is 3.64. The van der Waals surface area contributed by atoms with E-state index < -0.39 is 6.04 Å². The minimum Gasteiger partial charge on any atom is -0.314 e. The van der Waals surface area contributed by atoms with Gasteiger partial charge in [-0.05, 0) is 38.5 Å². The summed E-state index contributed by atoms with van der Waals surface area (Å²) in [6.45, 7) is 9.58. The van der Waals surface area contributed by atoms with E-state index in [0.29, 0.717) is 11.6 Å². The number of halogens is 1. The number of rotatable bonds is 5. The van der Waals surface area contributed by atoms with Gasteiger partial charge in [-0.1, -0.05) is 23.7 Å². The molecule has 3 heterocycles. The summed E-state index contributed by atoms with van der Waals surface area (Å²) in [5, 5.41) is 22.1. The van der Waals surface area contributed by atoms with Crippen molar-refractivity contribution in [2.75, 3.05) is 37.6 Å². The zero-order chi connectivity index (χ0) is 23.7. The van der Waals surface area contributed by atoms with E-state index in [1.165, 1.54) is 0 Å². The first-order valence-electron chi connectivity index (χ1n) is 11.1. The van der Waals surface area contributed by atoms with Crippen LogP contribution < -0.4 is 10.2 Å². The molecule has 2 aliphatic rings. The lowest BCUT2D eigenvalue weighted by Gasteiger charge is -2.28. The Morgan fingerprint density at radius 2 is 1.91 bits per heavy atom. The number of amidine groups is 2. The molecule has 3 N–H and O–H groups in total. The summed E-state index contributed by atoms with van der Waals surface area (Å²) in [6.07, 6.45) is 0.136. The molecule has 0 radical (unpaired) electrons. The molecule has 2 aromatic rings. The number of hydrogen-bond acceptors (Lipinski definition) is 7. The van der Waals surface area contributed by atoms with Gasteiger partial charge in [-0.3, -0.25) is 30.4 Å². The fraction of sp³-hybridized carbons (Fsp3) is 0.417. The number of fused-ring (bicyclic) bond motifs is 1. The standard InChI is InChI=1S/C24H29ClN6OS/c1-14-15(2)33-24-21(14)22(17-4-6-18(25)7-5-17)29-20(23(27)31(24)16(3)26)12-19(32)13-30-10-8-28-9-11-30/h4-7,20,26-28H,8-13H2,1-3H3/t20-/m0/s1. The van der Waals surface area contributed by atoms with Crippen molar-refractivity contribution in [3.8, 4) is 0 Å². The number of piperazine rings is 1. The van der Waals surface area contributed by atoms with Crippen molar-refractivity contribution in [3.63, 3.8) is 0 Å². The summed E-state index contributed by atoms with van der Waals surface area (Å²) in [7, 11) is 0. The third kappa shape index (κ3) is 4.94. The molecule has 1 aromatic heterocycles. The predicted molar refractivity (Wildman–Crippen MR) is 137 cm³/mol. The van der Waals surface area contributed by atoms with Gasteiger partial charge in [0.05, 0.1) is 12.3 Å². The Kier molecular flexibility index (Phi) is 7.09. The lowest BCUT2D eigenvalue weighted by atomic mass is 9.99. The van der Waals surface area contributed by atoms with Gasteiger partial charge in [0.1, 0.15) is 28.5 Å². The van der Waals surface area contributed by atoms with Crippen LogP contribution in [0.4, 0.5) is 5.00 Å². The lowest BCUT2D eigenvalue weighted by molar-refractivity contribution is -0.120. The summed E-state index contributed by atoms with van der Waals surface area (Å²) >= 11 is 7.69. The van der Waals surface area contributed by atoms with Crippen LogP contribution in [0.1, 0.15) is 34.9 Å². The number of carbonyl (C=O) groups is 1. The van der Waals surface area contributed by atoms with Crippen LogP contribution in [-0.2, 0) is 4.79 Å². The van der Waals surface area contributed by atoms with E-state index in [0.717, 1.165) is 58.5 Å². The van der Waals surface area contributed by atoms with Gasteiger partial charge in [0.25, 0.3) is 0 Å². The van der Waals surface area contributed by atoms with Crippen molar-refractivity contribution in [2.24, 2.45) is 4.99 Å². The Morgan fingerprint density at radius 1 is 1.24 bits per heavy atom. The second-order valence-corrected chi connectivity index (χ2v) is 10.2. The van der Waals surface area contributed by atoms with Crippen molar-refractivity contribution in [3.05, 3.63) is 50.9 Å². The molecule has 1 atom stereocenters. The van der Waals surface area contributed by atoms with Crippen LogP contribution >= 0.6 is 22.9 Å². The van der Waals surface area contributed by atoms with E-state index in [9.17, 15) is 4.79 Å². The fourth-order valence-corrected chi connectivity index (χ4v) is 5.64. The molecular formula is C24H29ClN6OS. The number of nitrogens with zero attached hydrogens (tertiary/aromatic N) is 3. The molecule has 9 heteroatoms. The number of thiophene rings is 1. The maximum atomic E-state index is 13.0. The van der Waals surface area contributed by atoms with Gasteiger partial charge in [-0.2, -0.15) is 0 Å². The molecule has 0 bridgehead atoms. The summed E-state index contributed by atoms with van der Waals surface area (Å²) in [4.78, 5) is 22.9. The highest BCUT2D eigenvalue weighted by molar-refractivity contribution is 7.17. The molecule has 174 valence electrons. The van der Waals surface area contributed by atoms with Crippen molar-refractivity contribution < 1.29 is 4.79 Å². The molecular weight excluding hydrogens is 456 g/mol. The first kappa shape index (κ1) is 23.8. The Hall–Kier alpha value is -2.39. The number of aliphatic imine (C=N–C) groups is 1. The van der Waals surface area contributed by atoms with Crippen molar-refractivity contribution in [1.29, 1.82) is 10.8 Å². The quantitative estimate of drug-likeness (QED) is 0.443. The number of nitrogens with one attached hydrogen (secondary N) is 3. The number of benzene rings is 1. The Balaban J connectivity index is 1.76. The third-order valence-corrected chi connectivity index (χ3v) is 7.58. The van der Waals surface area contributed by atoms with Crippen LogP contribution in [0.2, 0.25) is 5.02 Å². The van der Waals surface area contributed by atoms with Gasteiger partial charge in [0.15, 0.2) is 0 Å². The maximum Gasteiger partial charge on any atom is 0.149 e. The zero-order valence-corrected chi connectivity index (χ0v) is 20.7. The Labute approximate surface area is 203 Å². The number of ketones is 1. The molecule has 1 aromatic carbocycles. The van der Waals surface area contributed by atoms with E-state index in [-0.39, 0.29) is 23.9 Å². The van der Waals surface area contributed by atoms with Gasteiger partial charge in [0, 0.05) is 53.6 Å². The molecule has 1 fully saturated rings. The smallest absolute Gasteiger partial charge is 0.149 e. The third-order valence-electron chi connectivity index (χ3n) is 6.13. The van der Waals surface area contributed by atoms with Gasteiger partial charge < -0.3 is 5.32 Å². The average Bonchev–Trinajstić information content (AvgIpc) is 2.99. The van der Waals surface area contributed by atoms with Gasteiger partial charge in [-0.25, -0.2) is 0 Å². The maximum absolute atomic E-state index is 13.0. The molecule has 0 unspecified atom stereocenters. The number of hydrogen-bond donors (Lipinski definition) is 3. The SMILES string of the molecule is CC(=N)N1C(=N)[C@H](CC(=O)CN2CCNCC2)N=C(c2ccc(Cl)cc2)c2c1sc(C)c2C. The van der Waals surface area contributed by atoms with Gasteiger partial charge in [0.2, 0.25) is 0 Å². The monoisotopic (exact) mass is 484 g/mol. The van der Waals surface area contributed by atoms with Crippen LogP contribution in [0.5, 0.6) is 0 Å². The highest BCUT2D eigenvalue weighted by atomic mass is 35.5. The van der Waals surface area contributed by atoms with E-state index in [1.807, 2.05) is 38.1 Å². The minimum absolute atomic E-state index is 0.0617. The minimum atomic E-state index is -0.661. The van der Waals surface area contributed by atoms with Crippen molar-refractivity contribution in [2.45, 2.75) is 33.2 Å². The Morgan fingerprint density at radius 3 is 2.55 bits per heavy atom. The summed E-state index contributed by atoms with van der Waals surface area (Å²) in [5.74, 6) is 0.476. The van der Waals surface area contributed by atoms with Crippen LogP contribution in [0.15, 0.2) is 29.3 Å². The molecule has 0 saturated carbocycles. The number of Topliss-reactive ketones (excluding diaryl/α,β-unsaturated/α-hetero) is 1. The number of aryl methyl sites for hydroxylation is 1. The van der Waals surface area contributed by atoms with E-state index in [4.69, 9.17) is 27.4 Å². The number of carbonyl (C=O) groups excluding carboxylic acids is 1. The second-order valence-electron chi connectivity index (χ2n) is 8.54.